The SMILES string of the molecule is COc1ccc(C(=O)CCN(C)C)cc1C(C)(C)C. The lowest BCUT2D eigenvalue weighted by Crippen LogP contribution is -2.18. The van der Waals surface area contributed by atoms with Gasteiger partial charge >= 0.3 is 0 Å². The number of carbonyl (C=O) groups excluding carboxylic acids is 1. The van der Waals surface area contributed by atoms with E-state index < -0.39 is 0 Å². The highest BCUT2D eigenvalue weighted by atomic mass is 16.5. The maximum Gasteiger partial charge on any atom is 0.164 e. The molecule has 3 heteroatoms. The van der Waals surface area contributed by atoms with Crippen LogP contribution < -0.4 is 4.74 Å². The van der Waals surface area contributed by atoms with Crippen LogP contribution in [0.2, 0.25) is 0 Å². The molecule has 0 fully saturated rings. The standard InChI is InChI=1S/C16H25NO2/c1-16(2,3)13-11-12(7-8-15(13)19-6)14(18)9-10-17(4)5/h7-8,11H,9-10H2,1-6H3. The molecule has 0 aromatic heterocycles. The Labute approximate surface area is 116 Å². The van der Waals surface area contributed by atoms with Gasteiger partial charge in [0.1, 0.15) is 5.75 Å². The van der Waals surface area contributed by atoms with Crippen LogP contribution in [0.5, 0.6) is 5.75 Å². The smallest absolute Gasteiger partial charge is 0.164 e. The summed E-state index contributed by atoms with van der Waals surface area (Å²) in [5.74, 6) is 1.03. The summed E-state index contributed by atoms with van der Waals surface area (Å²) < 4.78 is 5.39. The highest BCUT2D eigenvalue weighted by Crippen LogP contribution is 2.32. The van der Waals surface area contributed by atoms with E-state index >= 15 is 0 Å². The summed E-state index contributed by atoms with van der Waals surface area (Å²) in [6, 6.07) is 5.71. The molecule has 3 nitrogen and oxygen atoms in total. The van der Waals surface area contributed by atoms with Gasteiger partial charge in [-0.3, -0.25) is 4.79 Å². The minimum absolute atomic E-state index is 0.0385. The number of benzene rings is 1. The summed E-state index contributed by atoms with van der Waals surface area (Å²) in [6.07, 6.45) is 0.545. The van der Waals surface area contributed by atoms with Crippen molar-refractivity contribution in [2.75, 3.05) is 27.7 Å². The molecule has 0 atom stereocenters. The van der Waals surface area contributed by atoms with Crippen LogP contribution >= 0.6 is 0 Å². The Morgan fingerprint density at radius 2 is 1.89 bits per heavy atom. The molecule has 1 aromatic rings. The van der Waals surface area contributed by atoms with Crippen LogP contribution in [0.25, 0.3) is 0 Å². The van der Waals surface area contributed by atoms with Crippen molar-refractivity contribution in [3.63, 3.8) is 0 Å². The van der Waals surface area contributed by atoms with E-state index in [0.29, 0.717) is 6.42 Å². The molecular formula is C16H25NO2. The molecule has 0 saturated carbocycles. The Kier molecular flexibility index (Phi) is 5.12. The Morgan fingerprint density at radius 1 is 1.26 bits per heavy atom. The zero-order chi connectivity index (χ0) is 14.6. The third-order valence-corrected chi connectivity index (χ3v) is 3.12. The number of nitrogens with zero attached hydrogens (tertiary/aromatic N) is 1. The predicted molar refractivity (Wildman–Crippen MR) is 79.2 cm³/mol. The number of hydrogen-bond acceptors (Lipinski definition) is 3. The number of Topliss-reactive ketones (excluding diaryl/α,β-unsaturated/α-hetero) is 1. The second-order valence-electron chi connectivity index (χ2n) is 6.14. The van der Waals surface area contributed by atoms with E-state index in [0.717, 1.165) is 23.4 Å². The van der Waals surface area contributed by atoms with E-state index in [1.165, 1.54) is 0 Å². The van der Waals surface area contributed by atoms with Crippen LogP contribution in [0, 0.1) is 0 Å². The minimum Gasteiger partial charge on any atom is -0.496 e. The summed E-state index contributed by atoms with van der Waals surface area (Å²) in [5, 5.41) is 0. The average Bonchev–Trinajstić information content (AvgIpc) is 2.34. The summed E-state index contributed by atoms with van der Waals surface area (Å²) in [7, 11) is 5.61. The molecule has 106 valence electrons. The summed E-state index contributed by atoms with van der Waals surface area (Å²) in [4.78, 5) is 14.2. The van der Waals surface area contributed by atoms with Gasteiger partial charge in [0, 0.05) is 24.1 Å². The molecule has 0 N–H and O–H groups in total. The van der Waals surface area contributed by atoms with Gasteiger partial charge in [0.05, 0.1) is 7.11 Å². The third-order valence-electron chi connectivity index (χ3n) is 3.12. The van der Waals surface area contributed by atoms with Crippen molar-refractivity contribution in [1.82, 2.24) is 4.90 Å². The first-order valence-electron chi connectivity index (χ1n) is 6.62. The van der Waals surface area contributed by atoms with Gasteiger partial charge in [-0.25, -0.2) is 0 Å². The van der Waals surface area contributed by atoms with Crippen molar-refractivity contribution in [3.8, 4) is 5.75 Å². The maximum atomic E-state index is 12.2. The number of methoxy groups -OCH3 is 1. The van der Waals surface area contributed by atoms with Crippen molar-refractivity contribution in [3.05, 3.63) is 29.3 Å². The molecule has 0 heterocycles. The molecule has 0 spiro atoms. The summed E-state index contributed by atoms with van der Waals surface area (Å²) in [6.45, 7) is 7.15. The lowest BCUT2D eigenvalue weighted by Gasteiger charge is -2.22. The summed E-state index contributed by atoms with van der Waals surface area (Å²) >= 11 is 0. The van der Waals surface area contributed by atoms with Crippen molar-refractivity contribution >= 4 is 5.78 Å². The molecule has 0 saturated heterocycles. The molecule has 0 unspecified atom stereocenters. The lowest BCUT2D eigenvalue weighted by molar-refractivity contribution is 0.0972. The Bertz CT molecular complexity index is 445. The number of hydrogen-bond donors (Lipinski definition) is 0. The monoisotopic (exact) mass is 263 g/mol. The third kappa shape index (κ3) is 4.35. The molecule has 0 aliphatic rings. The second kappa shape index (κ2) is 6.20. The van der Waals surface area contributed by atoms with Crippen LogP contribution in [-0.2, 0) is 5.41 Å². The number of ether oxygens (including phenoxy) is 1. The molecular weight excluding hydrogens is 238 g/mol. The predicted octanol–water partition coefficient (Wildman–Crippen LogP) is 3.13. The molecule has 1 aromatic carbocycles. The zero-order valence-corrected chi connectivity index (χ0v) is 12.9. The van der Waals surface area contributed by atoms with Gasteiger partial charge in [0.25, 0.3) is 0 Å². The van der Waals surface area contributed by atoms with E-state index in [2.05, 4.69) is 20.8 Å². The first-order valence-corrected chi connectivity index (χ1v) is 6.62. The minimum atomic E-state index is -0.0385. The van der Waals surface area contributed by atoms with Crippen LogP contribution in [0.15, 0.2) is 18.2 Å². The van der Waals surface area contributed by atoms with Gasteiger partial charge in [-0.15, -0.1) is 0 Å². The second-order valence-corrected chi connectivity index (χ2v) is 6.14. The fraction of sp³-hybridized carbons (Fsp3) is 0.562. The number of ketones is 1. The van der Waals surface area contributed by atoms with E-state index in [-0.39, 0.29) is 11.2 Å². The fourth-order valence-electron chi connectivity index (χ4n) is 1.94. The van der Waals surface area contributed by atoms with Crippen molar-refractivity contribution in [1.29, 1.82) is 0 Å². The van der Waals surface area contributed by atoms with Gasteiger partial charge in [0.15, 0.2) is 5.78 Å². The molecule has 0 amide bonds. The zero-order valence-electron chi connectivity index (χ0n) is 12.9. The van der Waals surface area contributed by atoms with Crippen molar-refractivity contribution < 1.29 is 9.53 Å². The van der Waals surface area contributed by atoms with Gasteiger partial charge in [-0.1, -0.05) is 20.8 Å². The topological polar surface area (TPSA) is 29.5 Å². The maximum absolute atomic E-state index is 12.2. The van der Waals surface area contributed by atoms with E-state index in [1.807, 2.05) is 37.2 Å². The normalized spacial score (nSPS) is 11.7. The molecule has 0 aliphatic heterocycles. The van der Waals surface area contributed by atoms with Crippen molar-refractivity contribution in [2.45, 2.75) is 32.6 Å². The van der Waals surface area contributed by atoms with Crippen LogP contribution in [0.3, 0.4) is 0 Å². The number of carbonyl (C=O) groups is 1. The molecule has 0 radical (unpaired) electrons. The van der Waals surface area contributed by atoms with E-state index in [4.69, 9.17) is 4.74 Å². The Hall–Kier alpha value is -1.35. The van der Waals surface area contributed by atoms with Crippen LogP contribution in [0.1, 0.15) is 43.1 Å². The van der Waals surface area contributed by atoms with Gasteiger partial charge in [-0.05, 0) is 37.7 Å². The number of rotatable bonds is 5. The average molecular weight is 263 g/mol. The summed E-state index contributed by atoms with van der Waals surface area (Å²) in [5.41, 5.74) is 1.81. The van der Waals surface area contributed by atoms with E-state index in [9.17, 15) is 4.79 Å². The molecule has 19 heavy (non-hydrogen) atoms. The first kappa shape index (κ1) is 15.7. The van der Waals surface area contributed by atoms with Crippen molar-refractivity contribution in [2.24, 2.45) is 0 Å². The Balaban J connectivity index is 3.01. The molecule has 0 aliphatic carbocycles. The van der Waals surface area contributed by atoms with E-state index in [1.54, 1.807) is 7.11 Å². The quantitative estimate of drug-likeness (QED) is 0.764. The fourth-order valence-corrected chi connectivity index (χ4v) is 1.94. The van der Waals surface area contributed by atoms with Gasteiger partial charge in [0.2, 0.25) is 0 Å². The molecule has 1 rings (SSSR count). The van der Waals surface area contributed by atoms with Crippen LogP contribution in [0.4, 0.5) is 0 Å². The van der Waals surface area contributed by atoms with Gasteiger partial charge in [-0.2, -0.15) is 0 Å². The highest BCUT2D eigenvalue weighted by molar-refractivity contribution is 5.96. The highest BCUT2D eigenvalue weighted by Gasteiger charge is 2.20. The largest absolute Gasteiger partial charge is 0.496 e. The lowest BCUT2D eigenvalue weighted by atomic mass is 9.85. The Morgan fingerprint density at radius 3 is 2.37 bits per heavy atom. The molecule has 0 bridgehead atoms. The van der Waals surface area contributed by atoms with Crippen LogP contribution in [-0.4, -0.2) is 38.4 Å². The van der Waals surface area contributed by atoms with Gasteiger partial charge < -0.3 is 9.64 Å². The first-order chi connectivity index (χ1) is 8.75.